The summed E-state index contributed by atoms with van der Waals surface area (Å²) >= 11 is 0. The molecule has 2 N–H and O–H groups in total. The van der Waals surface area contributed by atoms with Crippen LogP contribution in [0.1, 0.15) is 96.8 Å². The fourth-order valence-corrected chi connectivity index (χ4v) is 3.24. The summed E-state index contributed by atoms with van der Waals surface area (Å²) < 4.78 is 5.38. The van der Waals surface area contributed by atoms with Crippen molar-refractivity contribution in [1.82, 2.24) is 0 Å². The number of aromatic hydroxyl groups is 1. The highest BCUT2D eigenvalue weighted by atomic mass is 16.5. The van der Waals surface area contributed by atoms with Crippen LogP contribution in [0.3, 0.4) is 0 Å². The van der Waals surface area contributed by atoms with Crippen molar-refractivity contribution in [2.75, 3.05) is 6.61 Å². The number of carboxylic acid groups (broad SMARTS) is 1. The highest BCUT2D eigenvalue weighted by Gasteiger charge is 2.26. The summed E-state index contributed by atoms with van der Waals surface area (Å²) in [6, 6.07) is 4.03. The number of phenols is 1. The molecule has 164 valence electrons. The number of unbranched alkanes of at least 4 members (excludes halogenated alkanes) is 3. The van der Waals surface area contributed by atoms with Gasteiger partial charge in [-0.15, -0.1) is 0 Å². The van der Waals surface area contributed by atoms with E-state index in [0.717, 1.165) is 36.0 Å². The highest BCUT2D eigenvalue weighted by Crippen LogP contribution is 2.39. The van der Waals surface area contributed by atoms with E-state index in [1.54, 1.807) is 0 Å². The Bertz CT molecular complexity index is 657. The Balaban J connectivity index is 2.59. The van der Waals surface area contributed by atoms with Crippen molar-refractivity contribution in [3.8, 4) is 5.75 Å². The normalized spacial score (nSPS) is 12.1. The Morgan fingerprint density at radius 1 is 0.862 bits per heavy atom. The molecule has 0 atom stereocenters. The van der Waals surface area contributed by atoms with Crippen molar-refractivity contribution in [3.63, 3.8) is 0 Å². The third kappa shape index (κ3) is 8.88. The number of phenolic OH excluding ortho intramolecular Hbond substituents is 1. The monoisotopic (exact) mass is 406 g/mol. The first-order valence-electron chi connectivity index (χ1n) is 10.6. The predicted octanol–water partition coefficient (Wildman–Crippen LogP) is 5.50. The summed E-state index contributed by atoms with van der Waals surface area (Å²) in [6.07, 6.45) is 4.18. The Morgan fingerprint density at radius 2 is 1.34 bits per heavy atom. The zero-order valence-electron chi connectivity index (χ0n) is 18.9. The number of rotatable bonds is 10. The van der Waals surface area contributed by atoms with Crippen LogP contribution in [0, 0.1) is 0 Å². The van der Waals surface area contributed by atoms with Crippen LogP contribution in [0.2, 0.25) is 0 Å². The number of benzene rings is 1. The van der Waals surface area contributed by atoms with Crippen LogP contribution < -0.4 is 0 Å². The molecular formula is C24H38O5. The van der Waals surface area contributed by atoms with E-state index in [1.165, 1.54) is 0 Å². The largest absolute Gasteiger partial charge is 0.507 e. The van der Waals surface area contributed by atoms with Crippen molar-refractivity contribution < 1.29 is 24.5 Å². The molecule has 5 nitrogen and oxygen atoms in total. The SMILES string of the molecule is CC(C)(C)c1cc(CCOC(=O)CCCCCCC(=O)O)cc(C(C)(C)C)c1O. The number of carbonyl (C=O) groups is 2. The smallest absolute Gasteiger partial charge is 0.305 e. The number of carbonyl (C=O) groups excluding carboxylic acids is 1. The van der Waals surface area contributed by atoms with E-state index in [1.807, 2.05) is 12.1 Å². The van der Waals surface area contributed by atoms with Crippen molar-refractivity contribution in [2.45, 2.75) is 97.3 Å². The number of hydrogen-bond acceptors (Lipinski definition) is 4. The van der Waals surface area contributed by atoms with Crippen molar-refractivity contribution >= 4 is 11.9 Å². The molecule has 0 bridgehead atoms. The van der Waals surface area contributed by atoms with Gasteiger partial charge in [0.05, 0.1) is 6.61 Å². The lowest BCUT2D eigenvalue weighted by Gasteiger charge is -2.28. The van der Waals surface area contributed by atoms with Gasteiger partial charge in [-0.2, -0.15) is 0 Å². The standard InChI is InChI=1S/C24H38O5/c1-23(2,3)18-15-17(16-19(22(18)28)24(4,5)6)13-14-29-21(27)12-10-8-7-9-11-20(25)26/h15-16,28H,7-14H2,1-6H3,(H,25,26). The maximum absolute atomic E-state index is 11.9. The second-order valence-electron chi connectivity index (χ2n) is 9.82. The molecular weight excluding hydrogens is 368 g/mol. The first kappa shape index (κ1) is 25.0. The molecule has 1 aromatic carbocycles. The number of hydrogen-bond donors (Lipinski definition) is 2. The van der Waals surface area contributed by atoms with E-state index < -0.39 is 5.97 Å². The molecule has 0 aliphatic heterocycles. The van der Waals surface area contributed by atoms with Crippen molar-refractivity contribution in [1.29, 1.82) is 0 Å². The summed E-state index contributed by atoms with van der Waals surface area (Å²) in [6.45, 7) is 12.8. The van der Waals surface area contributed by atoms with E-state index in [2.05, 4.69) is 41.5 Å². The summed E-state index contributed by atoms with van der Waals surface area (Å²) in [4.78, 5) is 22.4. The maximum atomic E-state index is 11.9. The molecule has 29 heavy (non-hydrogen) atoms. The second-order valence-corrected chi connectivity index (χ2v) is 9.82. The molecule has 0 radical (unpaired) electrons. The van der Waals surface area contributed by atoms with Gasteiger partial charge >= 0.3 is 11.9 Å². The van der Waals surface area contributed by atoms with Crippen LogP contribution in [0.5, 0.6) is 5.75 Å². The second kappa shape index (κ2) is 10.7. The summed E-state index contributed by atoms with van der Waals surface area (Å²) in [7, 11) is 0. The van der Waals surface area contributed by atoms with Crippen LogP contribution in [0.15, 0.2) is 12.1 Å². The molecule has 0 heterocycles. The minimum Gasteiger partial charge on any atom is -0.507 e. The average Bonchev–Trinajstić information content (AvgIpc) is 2.56. The molecule has 0 aliphatic carbocycles. The minimum absolute atomic E-state index is 0.183. The van der Waals surface area contributed by atoms with Gasteiger partial charge in [0.25, 0.3) is 0 Å². The van der Waals surface area contributed by atoms with Gasteiger partial charge in [-0.05, 0) is 40.4 Å². The van der Waals surface area contributed by atoms with Crippen LogP contribution in [0.4, 0.5) is 0 Å². The van der Waals surface area contributed by atoms with Gasteiger partial charge in [0.2, 0.25) is 0 Å². The first-order chi connectivity index (χ1) is 13.3. The molecule has 5 heteroatoms. The van der Waals surface area contributed by atoms with Gasteiger partial charge in [0, 0.05) is 19.3 Å². The highest BCUT2D eigenvalue weighted by molar-refractivity contribution is 5.69. The number of aliphatic carboxylic acids is 1. The van der Waals surface area contributed by atoms with Crippen molar-refractivity contribution in [3.05, 3.63) is 28.8 Å². The lowest BCUT2D eigenvalue weighted by atomic mass is 9.78. The van der Waals surface area contributed by atoms with Crippen LogP contribution in [0.25, 0.3) is 0 Å². The quantitative estimate of drug-likeness (QED) is 0.396. The van der Waals surface area contributed by atoms with Crippen LogP contribution in [-0.4, -0.2) is 28.8 Å². The number of carboxylic acids is 1. The number of ether oxygens (including phenoxy) is 1. The number of esters is 1. The van der Waals surface area contributed by atoms with Gasteiger partial charge < -0.3 is 14.9 Å². The Hall–Kier alpha value is -2.04. The lowest BCUT2D eigenvalue weighted by molar-refractivity contribution is -0.143. The molecule has 0 aromatic heterocycles. The third-order valence-corrected chi connectivity index (χ3v) is 4.96. The summed E-state index contributed by atoms with van der Waals surface area (Å²) in [5, 5.41) is 19.4. The minimum atomic E-state index is -0.775. The zero-order chi connectivity index (χ0) is 22.2. The molecule has 0 fully saturated rings. The van der Waals surface area contributed by atoms with E-state index in [9.17, 15) is 14.7 Å². The van der Waals surface area contributed by atoms with E-state index >= 15 is 0 Å². The van der Waals surface area contributed by atoms with Gasteiger partial charge in [-0.1, -0.05) is 66.5 Å². The topological polar surface area (TPSA) is 83.8 Å². The van der Waals surface area contributed by atoms with Gasteiger partial charge in [0.1, 0.15) is 5.75 Å². The summed E-state index contributed by atoms with van der Waals surface area (Å²) in [5.74, 6) is -0.634. The Kier molecular flexibility index (Phi) is 9.18. The predicted molar refractivity (Wildman–Crippen MR) is 116 cm³/mol. The van der Waals surface area contributed by atoms with Crippen molar-refractivity contribution in [2.24, 2.45) is 0 Å². The molecule has 0 unspecified atom stereocenters. The first-order valence-corrected chi connectivity index (χ1v) is 10.6. The van der Waals surface area contributed by atoms with Gasteiger partial charge in [-0.3, -0.25) is 9.59 Å². The molecule has 0 saturated carbocycles. The lowest BCUT2D eigenvalue weighted by Crippen LogP contribution is -2.18. The Labute approximate surface area is 175 Å². The third-order valence-electron chi connectivity index (χ3n) is 4.96. The zero-order valence-corrected chi connectivity index (χ0v) is 18.9. The molecule has 0 amide bonds. The van der Waals surface area contributed by atoms with E-state index in [4.69, 9.17) is 9.84 Å². The molecule has 0 saturated heterocycles. The van der Waals surface area contributed by atoms with Gasteiger partial charge in [0.15, 0.2) is 0 Å². The summed E-state index contributed by atoms with van der Waals surface area (Å²) in [5.41, 5.74) is 2.51. The average molecular weight is 407 g/mol. The fraction of sp³-hybridized carbons (Fsp3) is 0.667. The Morgan fingerprint density at radius 3 is 1.79 bits per heavy atom. The van der Waals surface area contributed by atoms with E-state index in [0.29, 0.717) is 31.6 Å². The van der Waals surface area contributed by atoms with E-state index in [-0.39, 0.29) is 23.2 Å². The maximum Gasteiger partial charge on any atom is 0.305 e. The molecule has 1 rings (SSSR count). The molecule has 0 spiro atoms. The molecule has 0 aliphatic rings. The van der Waals surface area contributed by atoms with Gasteiger partial charge in [-0.25, -0.2) is 0 Å². The fourth-order valence-electron chi connectivity index (χ4n) is 3.24. The van der Waals surface area contributed by atoms with Crippen LogP contribution in [-0.2, 0) is 31.6 Å². The molecule has 1 aromatic rings. The van der Waals surface area contributed by atoms with Crippen LogP contribution >= 0.6 is 0 Å².